The van der Waals surface area contributed by atoms with Crippen molar-refractivity contribution in [2.45, 2.75) is 37.6 Å². The van der Waals surface area contributed by atoms with Gasteiger partial charge in [-0.1, -0.05) is 6.92 Å². The lowest BCUT2D eigenvalue weighted by atomic mass is 10.2. The molecule has 1 atom stereocenters. The Morgan fingerprint density at radius 2 is 1.89 bits per heavy atom. The van der Waals surface area contributed by atoms with E-state index in [0.29, 0.717) is 17.7 Å². The van der Waals surface area contributed by atoms with Gasteiger partial charge in [0, 0.05) is 18.3 Å². The van der Waals surface area contributed by atoms with Crippen molar-refractivity contribution in [2.75, 3.05) is 17.7 Å². The van der Waals surface area contributed by atoms with Crippen LogP contribution in [0.1, 0.15) is 26.7 Å². The molecule has 1 aromatic carbocycles. The SMILES string of the molecule is CCCS(=O)(=O)c1ccc(NC(C)CCO)cc1. The second kappa shape index (κ2) is 6.75. The van der Waals surface area contributed by atoms with Gasteiger partial charge in [0.1, 0.15) is 0 Å². The number of benzene rings is 1. The average molecular weight is 271 g/mol. The van der Waals surface area contributed by atoms with Gasteiger partial charge in [0.15, 0.2) is 9.84 Å². The van der Waals surface area contributed by atoms with E-state index in [0.717, 1.165) is 5.69 Å². The van der Waals surface area contributed by atoms with Gasteiger partial charge in [-0.25, -0.2) is 8.42 Å². The van der Waals surface area contributed by atoms with Crippen molar-refractivity contribution in [1.29, 1.82) is 0 Å². The predicted octanol–water partition coefficient (Wildman–Crippen LogP) is 2.05. The fraction of sp³-hybridized carbons (Fsp3) is 0.538. The number of aliphatic hydroxyl groups is 1. The summed E-state index contributed by atoms with van der Waals surface area (Å²) in [6, 6.07) is 6.93. The van der Waals surface area contributed by atoms with Crippen molar-refractivity contribution in [1.82, 2.24) is 0 Å². The summed E-state index contributed by atoms with van der Waals surface area (Å²) >= 11 is 0. The first-order chi connectivity index (χ1) is 8.49. The first kappa shape index (κ1) is 15.0. The van der Waals surface area contributed by atoms with Crippen molar-refractivity contribution in [3.05, 3.63) is 24.3 Å². The maximum absolute atomic E-state index is 11.8. The molecule has 1 rings (SSSR count). The highest BCUT2D eigenvalue weighted by Crippen LogP contribution is 2.17. The summed E-state index contributed by atoms with van der Waals surface area (Å²) in [5.74, 6) is 0.181. The van der Waals surface area contributed by atoms with Crippen LogP contribution in [0.5, 0.6) is 0 Å². The molecule has 2 N–H and O–H groups in total. The third-order valence-corrected chi connectivity index (χ3v) is 4.60. The van der Waals surface area contributed by atoms with Gasteiger partial charge in [0.05, 0.1) is 10.6 Å². The Kier molecular flexibility index (Phi) is 5.62. The minimum atomic E-state index is -3.13. The fourth-order valence-corrected chi connectivity index (χ4v) is 3.02. The summed E-state index contributed by atoms with van der Waals surface area (Å²) in [5, 5.41) is 12.0. The van der Waals surface area contributed by atoms with Crippen molar-refractivity contribution in [3.8, 4) is 0 Å². The largest absolute Gasteiger partial charge is 0.396 e. The Bertz CT molecular complexity index is 454. The smallest absolute Gasteiger partial charge is 0.178 e. The Morgan fingerprint density at radius 3 is 2.39 bits per heavy atom. The van der Waals surface area contributed by atoms with Gasteiger partial charge in [-0.05, 0) is 44.0 Å². The van der Waals surface area contributed by atoms with E-state index in [1.54, 1.807) is 24.3 Å². The Hall–Kier alpha value is -1.07. The van der Waals surface area contributed by atoms with Gasteiger partial charge < -0.3 is 10.4 Å². The van der Waals surface area contributed by atoms with Crippen molar-refractivity contribution >= 4 is 15.5 Å². The minimum absolute atomic E-state index is 0.136. The van der Waals surface area contributed by atoms with Gasteiger partial charge in [-0.3, -0.25) is 0 Å². The molecule has 5 heteroatoms. The van der Waals surface area contributed by atoms with Crippen molar-refractivity contribution in [2.24, 2.45) is 0 Å². The molecule has 18 heavy (non-hydrogen) atoms. The second-order valence-electron chi connectivity index (χ2n) is 4.40. The molecule has 0 aromatic heterocycles. The number of rotatable bonds is 7. The normalized spacial score (nSPS) is 13.3. The molecular weight excluding hydrogens is 250 g/mol. The molecule has 1 unspecified atom stereocenters. The summed E-state index contributed by atoms with van der Waals surface area (Å²) in [5.41, 5.74) is 0.867. The van der Waals surface area contributed by atoms with E-state index in [9.17, 15) is 8.42 Å². The highest BCUT2D eigenvalue weighted by atomic mass is 32.2. The van der Waals surface area contributed by atoms with Crippen LogP contribution in [0.2, 0.25) is 0 Å². The quantitative estimate of drug-likeness (QED) is 0.796. The number of aliphatic hydroxyl groups excluding tert-OH is 1. The Balaban J connectivity index is 2.74. The van der Waals surface area contributed by atoms with E-state index in [4.69, 9.17) is 5.11 Å². The van der Waals surface area contributed by atoms with Gasteiger partial charge in [-0.2, -0.15) is 0 Å². The maximum Gasteiger partial charge on any atom is 0.178 e. The summed E-state index contributed by atoms with van der Waals surface area (Å²) in [6.07, 6.45) is 1.28. The molecule has 0 radical (unpaired) electrons. The number of hydrogen-bond acceptors (Lipinski definition) is 4. The van der Waals surface area contributed by atoms with Crippen LogP contribution in [0, 0.1) is 0 Å². The molecule has 4 nitrogen and oxygen atoms in total. The molecule has 0 aliphatic rings. The van der Waals surface area contributed by atoms with Gasteiger partial charge in [0.25, 0.3) is 0 Å². The van der Waals surface area contributed by atoms with Gasteiger partial charge >= 0.3 is 0 Å². The number of anilines is 1. The van der Waals surface area contributed by atoms with Crippen molar-refractivity contribution < 1.29 is 13.5 Å². The minimum Gasteiger partial charge on any atom is -0.396 e. The molecule has 0 amide bonds. The van der Waals surface area contributed by atoms with Crippen LogP contribution in [-0.4, -0.2) is 31.9 Å². The number of sulfone groups is 1. The monoisotopic (exact) mass is 271 g/mol. The first-order valence-corrected chi connectivity index (χ1v) is 7.85. The van der Waals surface area contributed by atoms with Crippen molar-refractivity contribution in [3.63, 3.8) is 0 Å². The summed E-state index contributed by atoms with van der Waals surface area (Å²) in [7, 11) is -3.13. The number of hydrogen-bond donors (Lipinski definition) is 2. The van der Waals surface area contributed by atoms with E-state index < -0.39 is 9.84 Å². The third-order valence-electron chi connectivity index (χ3n) is 2.66. The molecule has 0 aliphatic carbocycles. The second-order valence-corrected chi connectivity index (χ2v) is 6.51. The molecule has 0 aliphatic heterocycles. The average Bonchev–Trinajstić information content (AvgIpc) is 2.30. The van der Waals surface area contributed by atoms with Gasteiger partial charge in [-0.15, -0.1) is 0 Å². The zero-order chi connectivity index (χ0) is 13.6. The molecular formula is C13H21NO3S. The standard InChI is InChI=1S/C13H21NO3S/c1-3-10-18(16,17)13-6-4-12(5-7-13)14-11(2)8-9-15/h4-7,11,14-15H,3,8-10H2,1-2H3. The summed E-state index contributed by atoms with van der Waals surface area (Å²) in [4.78, 5) is 0.365. The van der Waals surface area contributed by atoms with E-state index in [1.807, 2.05) is 13.8 Å². The molecule has 0 bridgehead atoms. The van der Waals surface area contributed by atoms with E-state index in [-0.39, 0.29) is 18.4 Å². The van der Waals surface area contributed by atoms with E-state index in [2.05, 4.69) is 5.32 Å². The molecule has 0 fully saturated rings. The zero-order valence-corrected chi connectivity index (χ0v) is 11.7. The topological polar surface area (TPSA) is 66.4 Å². The predicted molar refractivity (Wildman–Crippen MR) is 73.6 cm³/mol. The van der Waals surface area contributed by atoms with Crippen LogP contribution >= 0.6 is 0 Å². The van der Waals surface area contributed by atoms with E-state index in [1.165, 1.54) is 0 Å². The van der Waals surface area contributed by atoms with E-state index >= 15 is 0 Å². The first-order valence-electron chi connectivity index (χ1n) is 6.20. The third kappa shape index (κ3) is 4.31. The van der Waals surface area contributed by atoms with Gasteiger partial charge in [0.2, 0.25) is 0 Å². The number of nitrogens with one attached hydrogen (secondary N) is 1. The van der Waals surface area contributed by atoms with Crippen LogP contribution in [0.25, 0.3) is 0 Å². The lowest BCUT2D eigenvalue weighted by Gasteiger charge is -2.14. The molecule has 0 saturated carbocycles. The Morgan fingerprint density at radius 1 is 1.28 bits per heavy atom. The lowest BCUT2D eigenvalue weighted by Crippen LogP contribution is -2.16. The highest BCUT2D eigenvalue weighted by molar-refractivity contribution is 7.91. The molecule has 102 valence electrons. The molecule has 0 spiro atoms. The summed E-state index contributed by atoms with van der Waals surface area (Å²) < 4.78 is 23.6. The molecule has 0 saturated heterocycles. The Labute approximate surface area is 109 Å². The maximum atomic E-state index is 11.8. The summed E-state index contributed by atoms with van der Waals surface area (Å²) in [6.45, 7) is 3.96. The zero-order valence-electron chi connectivity index (χ0n) is 10.9. The van der Waals surface area contributed by atoms with Crippen LogP contribution < -0.4 is 5.32 Å². The fourth-order valence-electron chi connectivity index (χ4n) is 1.70. The lowest BCUT2D eigenvalue weighted by molar-refractivity contribution is 0.282. The van der Waals surface area contributed by atoms with Crippen LogP contribution in [0.4, 0.5) is 5.69 Å². The van der Waals surface area contributed by atoms with Crippen LogP contribution in [0.15, 0.2) is 29.2 Å². The highest BCUT2D eigenvalue weighted by Gasteiger charge is 2.12. The molecule has 1 aromatic rings. The van der Waals surface area contributed by atoms with Crippen LogP contribution in [-0.2, 0) is 9.84 Å². The van der Waals surface area contributed by atoms with Crippen LogP contribution in [0.3, 0.4) is 0 Å². The molecule has 0 heterocycles.